The molecular weight excluding hydrogens is 352 g/mol. The summed E-state index contributed by atoms with van der Waals surface area (Å²) in [4.78, 5) is 16.2. The Labute approximate surface area is 169 Å². The van der Waals surface area contributed by atoms with E-state index in [4.69, 9.17) is 9.47 Å². The molecule has 1 N–H and O–H groups in total. The zero-order valence-corrected chi connectivity index (χ0v) is 17.9. The molecule has 4 saturated carbocycles. The molecule has 6 fully saturated rings. The van der Waals surface area contributed by atoms with Crippen molar-refractivity contribution in [3.63, 3.8) is 0 Å². The highest BCUT2D eigenvalue weighted by molar-refractivity contribution is 5.83. The van der Waals surface area contributed by atoms with Gasteiger partial charge in [0.2, 0.25) is 5.91 Å². The van der Waals surface area contributed by atoms with Crippen molar-refractivity contribution in [3.8, 4) is 0 Å². The van der Waals surface area contributed by atoms with Crippen LogP contribution in [0.3, 0.4) is 0 Å². The van der Waals surface area contributed by atoms with Crippen LogP contribution in [0, 0.1) is 22.2 Å². The summed E-state index contributed by atoms with van der Waals surface area (Å²) in [5.74, 6) is 1.11. The number of rotatable bonds is 4. The Kier molecular flexibility index (Phi) is 4.61. The maximum atomic E-state index is 13.7. The zero-order chi connectivity index (χ0) is 19.5. The minimum atomic E-state index is -0.111. The molecule has 0 aromatic rings. The van der Waals surface area contributed by atoms with Crippen molar-refractivity contribution in [2.24, 2.45) is 22.2 Å². The summed E-state index contributed by atoms with van der Waals surface area (Å²) in [7, 11) is 0. The Morgan fingerprint density at radius 3 is 2.14 bits per heavy atom. The quantitative estimate of drug-likeness (QED) is 0.802. The highest BCUT2D eigenvalue weighted by Crippen LogP contribution is 2.69. The minimum Gasteiger partial charge on any atom is -0.381 e. The number of nitrogens with zero attached hydrogens (tertiary/aromatic N) is 1. The van der Waals surface area contributed by atoms with Crippen molar-refractivity contribution in [3.05, 3.63) is 0 Å². The Balaban J connectivity index is 1.32. The first-order chi connectivity index (χ1) is 13.3. The van der Waals surface area contributed by atoms with Gasteiger partial charge in [-0.25, -0.2) is 0 Å². The van der Waals surface area contributed by atoms with Gasteiger partial charge < -0.3 is 14.8 Å². The molecule has 5 heteroatoms. The van der Waals surface area contributed by atoms with Crippen LogP contribution in [-0.2, 0) is 14.3 Å². The van der Waals surface area contributed by atoms with Crippen molar-refractivity contribution >= 4 is 5.91 Å². The monoisotopic (exact) mass is 390 g/mol. The topological polar surface area (TPSA) is 50.8 Å². The molecule has 6 rings (SSSR count). The van der Waals surface area contributed by atoms with E-state index < -0.39 is 0 Å². The van der Waals surface area contributed by atoms with Gasteiger partial charge in [0.25, 0.3) is 0 Å². The third-order valence-corrected chi connectivity index (χ3v) is 8.79. The van der Waals surface area contributed by atoms with Gasteiger partial charge in [-0.1, -0.05) is 13.8 Å². The molecule has 2 saturated heterocycles. The molecule has 0 aromatic heterocycles. The van der Waals surface area contributed by atoms with Gasteiger partial charge in [0.05, 0.1) is 18.6 Å². The maximum absolute atomic E-state index is 13.7. The van der Waals surface area contributed by atoms with Crippen molar-refractivity contribution < 1.29 is 14.3 Å². The number of morpholine rings is 1. The molecule has 6 aliphatic rings. The summed E-state index contributed by atoms with van der Waals surface area (Å²) in [5, 5.41) is 3.51. The third kappa shape index (κ3) is 3.22. The number of hydrogen-bond donors (Lipinski definition) is 1. The van der Waals surface area contributed by atoms with Gasteiger partial charge in [-0.3, -0.25) is 9.69 Å². The lowest BCUT2D eigenvalue weighted by atomic mass is 9.40. The van der Waals surface area contributed by atoms with E-state index in [1.54, 1.807) is 0 Å². The molecule has 5 nitrogen and oxygen atoms in total. The number of amides is 1. The van der Waals surface area contributed by atoms with Crippen molar-refractivity contribution in [2.45, 2.75) is 70.8 Å². The first-order valence-electron chi connectivity index (χ1n) is 11.5. The fourth-order valence-electron chi connectivity index (χ4n) is 8.53. The summed E-state index contributed by atoms with van der Waals surface area (Å²) in [6.07, 6.45) is 9.35. The molecule has 0 spiro atoms. The molecule has 2 aliphatic heterocycles. The first kappa shape index (κ1) is 19.3. The van der Waals surface area contributed by atoms with Crippen LogP contribution in [0.15, 0.2) is 0 Å². The molecule has 4 bridgehead atoms. The standard InChI is InChI=1S/C23H38N2O3/c1-20-11-18-12-21(2,14-20)16-22(13-18,15-20)19(26)24-17-23(3-7-27-8-4-23)25-5-9-28-10-6-25/h18H,3-17H2,1-2H3,(H,24,26). The molecule has 0 aromatic carbocycles. The number of nitrogens with one attached hydrogen (secondary N) is 1. The number of ether oxygens (including phenoxy) is 2. The van der Waals surface area contributed by atoms with Crippen LogP contribution in [0.1, 0.15) is 65.2 Å². The second-order valence-electron chi connectivity index (χ2n) is 11.5. The van der Waals surface area contributed by atoms with Gasteiger partial charge in [0, 0.05) is 38.4 Å². The second-order valence-corrected chi connectivity index (χ2v) is 11.5. The molecule has 1 amide bonds. The highest BCUT2D eigenvalue weighted by atomic mass is 16.5. The van der Waals surface area contributed by atoms with Crippen molar-refractivity contribution in [1.82, 2.24) is 10.2 Å². The van der Waals surface area contributed by atoms with Gasteiger partial charge in [-0.2, -0.15) is 0 Å². The van der Waals surface area contributed by atoms with Crippen LogP contribution in [-0.4, -0.2) is 62.4 Å². The fraction of sp³-hybridized carbons (Fsp3) is 0.957. The van der Waals surface area contributed by atoms with Crippen LogP contribution < -0.4 is 5.32 Å². The van der Waals surface area contributed by atoms with Crippen LogP contribution in [0.5, 0.6) is 0 Å². The van der Waals surface area contributed by atoms with Gasteiger partial charge in [0.1, 0.15) is 0 Å². The molecule has 2 atom stereocenters. The van der Waals surface area contributed by atoms with Crippen LogP contribution in [0.2, 0.25) is 0 Å². The summed E-state index contributed by atoms with van der Waals surface area (Å²) < 4.78 is 11.3. The van der Waals surface area contributed by atoms with E-state index in [1.165, 1.54) is 19.3 Å². The third-order valence-electron chi connectivity index (χ3n) is 8.79. The zero-order valence-electron chi connectivity index (χ0n) is 17.9. The van der Waals surface area contributed by atoms with Gasteiger partial charge >= 0.3 is 0 Å². The fourth-order valence-corrected chi connectivity index (χ4v) is 8.53. The lowest BCUT2D eigenvalue weighted by Crippen LogP contribution is -2.64. The Morgan fingerprint density at radius 2 is 1.54 bits per heavy atom. The maximum Gasteiger partial charge on any atom is 0.226 e. The summed E-state index contributed by atoms with van der Waals surface area (Å²) in [6, 6.07) is 0. The lowest BCUT2D eigenvalue weighted by molar-refractivity contribution is -0.171. The van der Waals surface area contributed by atoms with E-state index >= 15 is 0 Å². The summed E-state index contributed by atoms with van der Waals surface area (Å²) >= 11 is 0. The molecule has 28 heavy (non-hydrogen) atoms. The molecule has 0 radical (unpaired) electrons. The van der Waals surface area contributed by atoms with E-state index in [0.717, 1.165) is 84.1 Å². The van der Waals surface area contributed by atoms with Crippen LogP contribution in [0.25, 0.3) is 0 Å². The first-order valence-corrected chi connectivity index (χ1v) is 11.5. The number of hydrogen-bond acceptors (Lipinski definition) is 4. The van der Waals surface area contributed by atoms with E-state index in [0.29, 0.717) is 16.7 Å². The van der Waals surface area contributed by atoms with Gasteiger partial charge in [-0.15, -0.1) is 0 Å². The van der Waals surface area contributed by atoms with Crippen molar-refractivity contribution in [1.29, 1.82) is 0 Å². The Hall–Kier alpha value is -0.650. The Morgan fingerprint density at radius 1 is 0.929 bits per heavy atom. The smallest absolute Gasteiger partial charge is 0.226 e. The summed E-state index contributed by atoms with van der Waals surface area (Å²) in [6.45, 7) is 10.8. The SMILES string of the molecule is CC12CC3CC(C)(C1)CC(C(=O)NCC1(N4CCOCC4)CCOCC1)(C3)C2. The van der Waals surface area contributed by atoms with E-state index in [2.05, 4.69) is 24.1 Å². The molecule has 2 heterocycles. The molecular formula is C23H38N2O3. The largest absolute Gasteiger partial charge is 0.381 e. The van der Waals surface area contributed by atoms with E-state index in [1.807, 2.05) is 0 Å². The number of carbonyl (C=O) groups is 1. The minimum absolute atomic E-state index is 0.0494. The summed E-state index contributed by atoms with van der Waals surface area (Å²) in [5.41, 5.74) is 0.701. The number of carbonyl (C=O) groups excluding carboxylic acids is 1. The van der Waals surface area contributed by atoms with Crippen LogP contribution in [0.4, 0.5) is 0 Å². The average molecular weight is 391 g/mol. The lowest BCUT2D eigenvalue weighted by Gasteiger charge is -2.64. The molecule has 4 aliphatic carbocycles. The van der Waals surface area contributed by atoms with Gasteiger partial charge in [-0.05, 0) is 68.1 Å². The van der Waals surface area contributed by atoms with E-state index in [-0.39, 0.29) is 11.0 Å². The molecule has 158 valence electrons. The normalized spacial score (nSPS) is 45.1. The Bertz CT molecular complexity index is 605. The molecule has 2 unspecified atom stereocenters. The second kappa shape index (κ2) is 6.68. The van der Waals surface area contributed by atoms with Crippen molar-refractivity contribution in [2.75, 3.05) is 46.1 Å². The predicted octanol–water partition coefficient (Wildman–Crippen LogP) is 2.98. The average Bonchev–Trinajstić information content (AvgIpc) is 2.65. The van der Waals surface area contributed by atoms with Crippen LogP contribution >= 0.6 is 0 Å². The van der Waals surface area contributed by atoms with Gasteiger partial charge in [0.15, 0.2) is 0 Å². The highest BCUT2D eigenvalue weighted by Gasteiger charge is 2.62. The van der Waals surface area contributed by atoms with E-state index in [9.17, 15) is 4.79 Å². The predicted molar refractivity (Wildman–Crippen MR) is 108 cm³/mol.